The molecule has 3 aromatic rings. The maximum atomic E-state index is 13.5. The van der Waals surface area contributed by atoms with Crippen LogP contribution in [0.2, 0.25) is 0 Å². The number of fused-ring (bicyclic) bond motifs is 1. The SMILES string of the molecule is CSc1cc(C)[nH]c(=O)c1CNC(=O)c1c(C)n([C@H](C)C2CCC(OC(F)F)CC2)c2ccccc12. The minimum absolute atomic E-state index is 0.0898. The Morgan fingerprint density at radius 2 is 1.92 bits per heavy atom. The van der Waals surface area contributed by atoms with Crippen LogP contribution in [0.3, 0.4) is 0 Å². The van der Waals surface area contributed by atoms with Crippen molar-refractivity contribution in [1.29, 1.82) is 0 Å². The summed E-state index contributed by atoms with van der Waals surface area (Å²) in [6, 6.07) is 9.82. The van der Waals surface area contributed by atoms with Crippen LogP contribution in [0.25, 0.3) is 10.9 Å². The summed E-state index contributed by atoms with van der Waals surface area (Å²) in [6.45, 7) is 3.32. The minimum Gasteiger partial charge on any atom is -0.348 e. The number of aromatic nitrogens is 2. The lowest BCUT2D eigenvalue weighted by Crippen LogP contribution is -2.29. The molecule has 6 nitrogen and oxygen atoms in total. The first kappa shape index (κ1) is 26.4. The monoisotopic (exact) mass is 517 g/mol. The summed E-state index contributed by atoms with van der Waals surface area (Å²) in [4.78, 5) is 29.6. The molecule has 1 saturated carbocycles. The average molecular weight is 518 g/mol. The minimum atomic E-state index is -2.73. The molecule has 194 valence electrons. The highest BCUT2D eigenvalue weighted by atomic mass is 32.2. The Bertz CT molecular complexity index is 1300. The van der Waals surface area contributed by atoms with Gasteiger partial charge in [-0.15, -0.1) is 11.8 Å². The normalized spacial score (nSPS) is 19.1. The number of benzene rings is 1. The molecule has 1 atom stereocenters. The third kappa shape index (κ3) is 5.37. The zero-order valence-electron chi connectivity index (χ0n) is 21.1. The van der Waals surface area contributed by atoms with Gasteiger partial charge in [-0.05, 0) is 70.8 Å². The van der Waals surface area contributed by atoms with Gasteiger partial charge in [-0.25, -0.2) is 0 Å². The number of para-hydroxylation sites is 1. The van der Waals surface area contributed by atoms with Crippen LogP contribution in [0.15, 0.2) is 40.0 Å². The van der Waals surface area contributed by atoms with Crippen molar-refractivity contribution in [2.75, 3.05) is 6.26 Å². The molecule has 36 heavy (non-hydrogen) atoms. The van der Waals surface area contributed by atoms with Crippen molar-refractivity contribution in [3.05, 3.63) is 63.2 Å². The molecule has 0 bridgehead atoms. The van der Waals surface area contributed by atoms with Gasteiger partial charge in [0.15, 0.2) is 0 Å². The Balaban J connectivity index is 1.59. The zero-order chi connectivity index (χ0) is 26.0. The number of ether oxygens (including phenoxy) is 1. The fraction of sp³-hybridized carbons (Fsp3) is 0.481. The fourth-order valence-corrected chi connectivity index (χ4v) is 6.26. The highest BCUT2D eigenvalue weighted by Gasteiger charge is 2.31. The molecule has 1 aliphatic rings. The van der Waals surface area contributed by atoms with Crippen molar-refractivity contribution >= 4 is 28.6 Å². The van der Waals surface area contributed by atoms with Crippen molar-refractivity contribution in [2.45, 2.75) is 76.7 Å². The average Bonchev–Trinajstić information content (AvgIpc) is 3.14. The van der Waals surface area contributed by atoms with E-state index in [4.69, 9.17) is 4.74 Å². The van der Waals surface area contributed by atoms with E-state index in [-0.39, 0.29) is 24.1 Å². The van der Waals surface area contributed by atoms with Crippen LogP contribution in [0.4, 0.5) is 8.78 Å². The molecule has 4 rings (SSSR count). The summed E-state index contributed by atoms with van der Waals surface area (Å²) in [5.74, 6) is 0.0684. The number of rotatable bonds is 8. The quantitative estimate of drug-likeness (QED) is 0.362. The van der Waals surface area contributed by atoms with Crippen LogP contribution in [0, 0.1) is 19.8 Å². The number of thioether (sulfide) groups is 1. The molecule has 1 amide bonds. The number of nitrogens with one attached hydrogen (secondary N) is 2. The van der Waals surface area contributed by atoms with E-state index in [1.165, 1.54) is 11.8 Å². The maximum absolute atomic E-state index is 13.5. The Morgan fingerprint density at radius 1 is 1.22 bits per heavy atom. The number of carbonyl (C=O) groups is 1. The van der Waals surface area contributed by atoms with E-state index in [2.05, 4.69) is 21.8 Å². The van der Waals surface area contributed by atoms with Crippen LogP contribution in [-0.2, 0) is 11.3 Å². The molecule has 2 heterocycles. The number of aromatic amines is 1. The number of aryl methyl sites for hydroxylation is 1. The van der Waals surface area contributed by atoms with Crippen LogP contribution in [0.1, 0.15) is 66.0 Å². The van der Waals surface area contributed by atoms with Crippen molar-refractivity contribution in [3.8, 4) is 0 Å². The molecule has 1 aromatic carbocycles. The van der Waals surface area contributed by atoms with Crippen LogP contribution < -0.4 is 10.9 Å². The molecule has 2 aromatic heterocycles. The third-order valence-electron chi connectivity index (χ3n) is 7.36. The summed E-state index contributed by atoms with van der Waals surface area (Å²) in [5, 5.41) is 3.82. The number of amides is 1. The van der Waals surface area contributed by atoms with Gasteiger partial charge >= 0.3 is 6.61 Å². The van der Waals surface area contributed by atoms with E-state index < -0.39 is 12.7 Å². The molecule has 0 radical (unpaired) electrons. The number of nitrogens with zero attached hydrogens (tertiary/aromatic N) is 1. The predicted octanol–water partition coefficient (Wildman–Crippen LogP) is 5.96. The van der Waals surface area contributed by atoms with Gasteiger partial charge in [-0.3, -0.25) is 9.59 Å². The lowest BCUT2D eigenvalue weighted by atomic mass is 9.83. The number of alkyl halides is 2. The first-order valence-electron chi connectivity index (χ1n) is 12.3. The van der Waals surface area contributed by atoms with E-state index in [1.54, 1.807) is 0 Å². The first-order valence-corrected chi connectivity index (χ1v) is 13.5. The van der Waals surface area contributed by atoms with Crippen molar-refractivity contribution in [3.63, 3.8) is 0 Å². The number of pyridine rings is 1. The standard InChI is InChI=1S/C27H33F2N3O3S/c1-15-13-23(36-4)21(25(33)31-15)14-30-26(34)24-17(3)32(22-8-6-5-7-20(22)24)16(2)18-9-11-19(12-10-18)35-27(28)29/h5-8,13,16,18-19,27H,9-12,14H2,1-4H3,(H,30,34)(H,31,33)/t16-,18?,19?/m1/s1. The summed E-state index contributed by atoms with van der Waals surface area (Å²) in [6.07, 6.45) is 4.31. The van der Waals surface area contributed by atoms with Gasteiger partial charge in [0.25, 0.3) is 11.5 Å². The number of hydrogen-bond acceptors (Lipinski definition) is 4. The van der Waals surface area contributed by atoms with Gasteiger partial charge in [0, 0.05) is 45.3 Å². The summed E-state index contributed by atoms with van der Waals surface area (Å²) < 4.78 is 32.2. The van der Waals surface area contributed by atoms with E-state index in [0.29, 0.717) is 29.9 Å². The lowest BCUT2D eigenvalue weighted by molar-refractivity contribution is -0.172. The van der Waals surface area contributed by atoms with E-state index >= 15 is 0 Å². The lowest BCUT2D eigenvalue weighted by Gasteiger charge is -2.33. The second kappa shape index (κ2) is 11.2. The Hall–Kier alpha value is -2.65. The summed E-state index contributed by atoms with van der Waals surface area (Å²) in [7, 11) is 0. The van der Waals surface area contributed by atoms with Gasteiger partial charge in [0.2, 0.25) is 0 Å². The number of hydrogen-bond donors (Lipinski definition) is 2. The van der Waals surface area contributed by atoms with Gasteiger partial charge in [-0.2, -0.15) is 8.78 Å². The molecule has 9 heteroatoms. The Kier molecular flexibility index (Phi) is 8.20. The highest BCUT2D eigenvalue weighted by molar-refractivity contribution is 7.98. The van der Waals surface area contributed by atoms with Crippen molar-refractivity contribution in [1.82, 2.24) is 14.9 Å². The highest BCUT2D eigenvalue weighted by Crippen LogP contribution is 2.38. The van der Waals surface area contributed by atoms with E-state index in [0.717, 1.165) is 40.0 Å². The van der Waals surface area contributed by atoms with Gasteiger partial charge in [0.1, 0.15) is 0 Å². The number of halogens is 2. The van der Waals surface area contributed by atoms with Crippen LogP contribution in [0.5, 0.6) is 0 Å². The second-order valence-corrected chi connectivity index (χ2v) is 10.4. The third-order valence-corrected chi connectivity index (χ3v) is 8.17. The van der Waals surface area contributed by atoms with Crippen molar-refractivity contribution in [2.24, 2.45) is 5.92 Å². The molecule has 0 aliphatic heterocycles. The van der Waals surface area contributed by atoms with Crippen LogP contribution in [-0.4, -0.2) is 34.4 Å². The summed E-state index contributed by atoms with van der Waals surface area (Å²) >= 11 is 1.48. The zero-order valence-corrected chi connectivity index (χ0v) is 21.9. The molecule has 1 aliphatic carbocycles. The van der Waals surface area contributed by atoms with E-state index in [9.17, 15) is 18.4 Å². The fourth-order valence-electron chi connectivity index (χ4n) is 5.56. The first-order chi connectivity index (χ1) is 17.2. The molecule has 2 N–H and O–H groups in total. The molecule has 0 spiro atoms. The molecule has 1 fully saturated rings. The molecular formula is C27H33F2N3O3S. The molecule has 0 unspecified atom stereocenters. The molecule has 0 saturated heterocycles. The number of carbonyl (C=O) groups excluding carboxylic acids is 1. The molecular weight excluding hydrogens is 484 g/mol. The Labute approximate surface area is 213 Å². The Morgan fingerprint density at radius 3 is 2.58 bits per heavy atom. The second-order valence-electron chi connectivity index (χ2n) is 9.53. The number of H-pyrrole nitrogens is 1. The predicted molar refractivity (Wildman–Crippen MR) is 139 cm³/mol. The van der Waals surface area contributed by atoms with Crippen molar-refractivity contribution < 1.29 is 18.3 Å². The van der Waals surface area contributed by atoms with Crippen LogP contribution >= 0.6 is 11.8 Å². The topological polar surface area (TPSA) is 76.1 Å². The summed E-state index contributed by atoms with van der Waals surface area (Å²) in [5.41, 5.74) is 3.55. The largest absolute Gasteiger partial charge is 0.348 e. The van der Waals surface area contributed by atoms with E-state index in [1.807, 2.05) is 50.4 Å². The smallest absolute Gasteiger partial charge is 0.345 e. The maximum Gasteiger partial charge on any atom is 0.345 e. The van der Waals surface area contributed by atoms with Gasteiger partial charge in [0.05, 0.1) is 11.7 Å². The van der Waals surface area contributed by atoms with Gasteiger partial charge in [-0.1, -0.05) is 18.2 Å². The van der Waals surface area contributed by atoms with Gasteiger partial charge < -0.3 is 19.6 Å².